The molecule has 1 aromatic heterocycles. The lowest BCUT2D eigenvalue weighted by molar-refractivity contribution is -0.108. The molecule has 1 aromatic rings. The molecule has 0 spiro atoms. The first-order valence-corrected chi connectivity index (χ1v) is 4.19. The number of hydrogen-bond donors (Lipinski definition) is 3. The second-order valence-corrected chi connectivity index (χ2v) is 2.99. The van der Waals surface area contributed by atoms with E-state index in [0.29, 0.717) is 11.4 Å². The Labute approximate surface area is 81.1 Å². The van der Waals surface area contributed by atoms with Crippen LogP contribution in [0.4, 0.5) is 5.82 Å². The number of carboxylic acid groups (broad SMARTS) is 1. The van der Waals surface area contributed by atoms with Gasteiger partial charge in [-0.1, -0.05) is 6.92 Å². The van der Waals surface area contributed by atoms with Crippen LogP contribution in [-0.2, 0) is 4.79 Å². The van der Waals surface area contributed by atoms with E-state index in [4.69, 9.17) is 5.11 Å². The summed E-state index contributed by atoms with van der Waals surface area (Å²) in [5, 5.41) is 11.5. The Morgan fingerprint density at radius 3 is 2.79 bits per heavy atom. The number of aromatic nitrogens is 1. The Balaban J connectivity index is 3.14. The predicted molar refractivity (Wildman–Crippen MR) is 51.8 cm³/mol. The first-order valence-electron chi connectivity index (χ1n) is 4.19. The third-order valence-electron chi connectivity index (χ3n) is 2.02. The molecular weight excluding hydrogens is 184 g/mol. The predicted octanol–water partition coefficient (Wildman–Crippen LogP) is 1.06. The van der Waals surface area contributed by atoms with Gasteiger partial charge < -0.3 is 20.2 Å². The Hall–Kier alpha value is -1.78. The first kappa shape index (κ1) is 10.3. The van der Waals surface area contributed by atoms with Crippen molar-refractivity contribution in [1.82, 2.24) is 4.98 Å². The second-order valence-electron chi connectivity index (χ2n) is 2.99. The standard InChI is InChI=1S/C9H12N2O3/c1-5(4-12)6-3-7(9(13)14)11-8(6)10-2/h3-5,10-11H,1-2H3,(H,13,14)/t5-/m0/s1. The van der Waals surface area contributed by atoms with Crippen LogP contribution in [0.25, 0.3) is 0 Å². The van der Waals surface area contributed by atoms with Crippen molar-refractivity contribution in [2.45, 2.75) is 12.8 Å². The third kappa shape index (κ3) is 1.76. The molecule has 0 aliphatic carbocycles. The van der Waals surface area contributed by atoms with Gasteiger partial charge in [-0.15, -0.1) is 0 Å². The van der Waals surface area contributed by atoms with E-state index in [2.05, 4.69) is 10.3 Å². The molecule has 1 rings (SSSR count). The Kier molecular flexibility index (Phi) is 2.91. The van der Waals surface area contributed by atoms with Crippen molar-refractivity contribution in [1.29, 1.82) is 0 Å². The van der Waals surface area contributed by atoms with Crippen molar-refractivity contribution >= 4 is 18.1 Å². The van der Waals surface area contributed by atoms with E-state index in [1.165, 1.54) is 6.07 Å². The smallest absolute Gasteiger partial charge is 0.352 e. The average molecular weight is 196 g/mol. The van der Waals surface area contributed by atoms with E-state index < -0.39 is 5.97 Å². The molecule has 76 valence electrons. The van der Waals surface area contributed by atoms with Gasteiger partial charge in [0.25, 0.3) is 0 Å². The van der Waals surface area contributed by atoms with Crippen molar-refractivity contribution in [2.24, 2.45) is 0 Å². The Morgan fingerprint density at radius 2 is 2.36 bits per heavy atom. The molecule has 5 nitrogen and oxygen atoms in total. The van der Waals surface area contributed by atoms with Crippen LogP contribution in [0.15, 0.2) is 6.07 Å². The Bertz CT molecular complexity index is 357. The third-order valence-corrected chi connectivity index (χ3v) is 2.02. The van der Waals surface area contributed by atoms with Crippen molar-refractivity contribution in [2.75, 3.05) is 12.4 Å². The van der Waals surface area contributed by atoms with Gasteiger partial charge >= 0.3 is 5.97 Å². The van der Waals surface area contributed by atoms with Gasteiger partial charge in [0.1, 0.15) is 17.8 Å². The molecule has 0 fully saturated rings. The number of carboxylic acids is 1. The van der Waals surface area contributed by atoms with Gasteiger partial charge in [-0.3, -0.25) is 0 Å². The lowest BCUT2D eigenvalue weighted by atomic mass is 10.1. The zero-order valence-corrected chi connectivity index (χ0v) is 8.00. The minimum Gasteiger partial charge on any atom is -0.477 e. The van der Waals surface area contributed by atoms with Crippen LogP contribution in [0.5, 0.6) is 0 Å². The number of aromatic carboxylic acids is 1. The molecule has 0 aromatic carbocycles. The molecule has 14 heavy (non-hydrogen) atoms. The molecule has 0 aliphatic rings. The summed E-state index contributed by atoms with van der Waals surface area (Å²) in [5.74, 6) is -0.783. The molecule has 0 saturated carbocycles. The number of carbonyl (C=O) groups is 2. The Morgan fingerprint density at radius 1 is 1.71 bits per heavy atom. The van der Waals surface area contributed by atoms with Gasteiger partial charge in [0.2, 0.25) is 0 Å². The van der Waals surface area contributed by atoms with Crippen LogP contribution in [-0.4, -0.2) is 29.4 Å². The van der Waals surface area contributed by atoms with Gasteiger partial charge in [0.05, 0.1) is 0 Å². The molecular formula is C9H12N2O3. The van der Waals surface area contributed by atoms with Crippen molar-refractivity contribution in [3.63, 3.8) is 0 Å². The molecule has 5 heteroatoms. The maximum Gasteiger partial charge on any atom is 0.352 e. The van der Waals surface area contributed by atoms with Crippen LogP contribution in [0.2, 0.25) is 0 Å². The van der Waals surface area contributed by atoms with E-state index in [-0.39, 0.29) is 11.6 Å². The summed E-state index contributed by atoms with van der Waals surface area (Å²) in [6.07, 6.45) is 0.773. The van der Waals surface area contributed by atoms with E-state index in [9.17, 15) is 9.59 Å². The molecule has 0 amide bonds. The number of H-pyrrole nitrogens is 1. The van der Waals surface area contributed by atoms with Crippen molar-refractivity contribution < 1.29 is 14.7 Å². The minimum absolute atomic E-state index is 0.0815. The number of hydrogen-bond acceptors (Lipinski definition) is 3. The van der Waals surface area contributed by atoms with Gasteiger partial charge in [-0.2, -0.15) is 0 Å². The quantitative estimate of drug-likeness (QED) is 0.629. The number of rotatable bonds is 4. The van der Waals surface area contributed by atoms with Crippen LogP contribution in [0.3, 0.4) is 0 Å². The van der Waals surface area contributed by atoms with E-state index >= 15 is 0 Å². The summed E-state index contributed by atoms with van der Waals surface area (Å²) >= 11 is 0. The number of nitrogens with one attached hydrogen (secondary N) is 2. The number of aromatic amines is 1. The van der Waals surface area contributed by atoms with Gasteiger partial charge in [-0.25, -0.2) is 4.79 Å². The first-order chi connectivity index (χ1) is 6.60. The summed E-state index contributed by atoms with van der Waals surface area (Å²) in [4.78, 5) is 23.9. The van der Waals surface area contributed by atoms with Crippen molar-refractivity contribution in [3.05, 3.63) is 17.3 Å². The molecule has 3 N–H and O–H groups in total. The fraction of sp³-hybridized carbons (Fsp3) is 0.333. The van der Waals surface area contributed by atoms with Crippen LogP contribution in [0, 0.1) is 0 Å². The monoisotopic (exact) mass is 196 g/mol. The second kappa shape index (κ2) is 3.95. The molecule has 0 bridgehead atoms. The van der Waals surface area contributed by atoms with Gasteiger partial charge in [-0.05, 0) is 6.07 Å². The lowest BCUT2D eigenvalue weighted by Crippen LogP contribution is -1.98. The fourth-order valence-corrected chi connectivity index (χ4v) is 1.23. The minimum atomic E-state index is -1.04. The highest BCUT2D eigenvalue weighted by Crippen LogP contribution is 2.23. The maximum atomic E-state index is 10.6. The van der Waals surface area contributed by atoms with E-state index in [1.54, 1.807) is 14.0 Å². The zero-order valence-electron chi connectivity index (χ0n) is 8.00. The normalized spacial score (nSPS) is 12.1. The maximum absolute atomic E-state index is 10.6. The largest absolute Gasteiger partial charge is 0.477 e. The SMILES string of the molecule is CNc1[nH]c(C(=O)O)cc1[C@@H](C)C=O. The summed E-state index contributed by atoms with van der Waals surface area (Å²) in [5.41, 5.74) is 0.748. The zero-order chi connectivity index (χ0) is 10.7. The summed E-state index contributed by atoms with van der Waals surface area (Å²) < 4.78 is 0. The van der Waals surface area contributed by atoms with Crippen molar-refractivity contribution in [3.8, 4) is 0 Å². The molecule has 0 saturated heterocycles. The molecule has 0 radical (unpaired) electrons. The number of aldehydes is 1. The number of carbonyl (C=O) groups excluding carboxylic acids is 1. The van der Waals surface area contributed by atoms with Crippen LogP contribution >= 0.6 is 0 Å². The van der Waals surface area contributed by atoms with E-state index in [0.717, 1.165) is 6.29 Å². The highest BCUT2D eigenvalue weighted by atomic mass is 16.4. The summed E-state index contributed by atoms with van der Waals surface area (Å²) in [7, 11) is 1.67. The van der Waals surface area contributed by atoms with Gasteiger partial charge in [0, 0.05) is 18.5 Å². The average Bonchev–Trinajstić information content (AvgIpc) is 2.60. The van der Waals surface area contributed by atoms with E-state index in [1.807, 2.05) is 0 Å². The molecule has 0 unspecified atom stereocenters. The molecule has 1 atom stereocenters. The lowest BCUT2D eigenvalue weighted by Gasteiger charge is -2.03. The van der Waals surface area contributed by atoms with Gasteiger partial charge in [0.15, 0.2) is 0 Å². The number of anilines is 1. The highest BCUT2D eigenvalue weighted by Gasteiger charge is 2.15. The highest BCUT2D eigenvalue weighted by molar-refractivity contribution is 5.87. The van der Waals surface area contributed by atoms with Crippen LogP contribution < -0.4 is 5.32 Å². The fourth-order valence-electron chi connectivity index (χ4n) is 1.23. The molecule has 0 aliphatic heterocycles. The topological polar surface area (TPSA) is 82.2 Å². The van der Waals surface area contributed by atoms with Crippen LogP contribution in [0.1, 0.15) is 28.9 Å². The molecule has 1 heterocycles. The summed E-state index contributed by atoms with van der Waals surface area (Å²) in [6.45, 7) is 1.71. The summed E-state index contributed by atoms with van der Waals surface area (Å²) in [6, 6.07) is 1.47.